The molecule has 0 N–H and O–H groups in total. The molecular formula is C14H22N2O. The Morgan fingerprint density at radius 2 is 2.12 bits per heavy atom. The van der Waals surface area contributed by atoms with Gasteiger partial charge in [-0.15, -0.1) is 0 Å². The van der Waals surface area contributed by atoms with Gasteiger partial charge in [0.1, 0.15) is 0 Å². The smallest absolute Gasteiger partial charge is 0.224 e. The molecule has 3 nitrogen and oxygen atoms in total. The summed E-state index contributed by atoms with van der Waals surface area (Å²) < 4.78 is 0. The highest BCUT2D eigenvalue weighted by atomic mass is 16.2. The molecule has 1 heterocycles. The van der Waals surface area contributed by atoms with Gasteiger partial charge in [0.2, 0.25) is 5.91 Å². The van der Waals surface area contributed by atoms with E-state index < -0.39 is 0 Å². The molecule has 2 rings (SSSR count). The first-order valence-corrected chi connectivity index (χ1v) is 6.95. The average Bonchev–Trinajstić information content (AvgIpc) is 2.73. The molecule has 1 saturated heterocycles. The Labute approximate surface area is 104 Å². The van der Waals surface area contributed by atoms with Crippen molar-refractivity contribution in [2.45, 2.75) is 57.9 Å². The van der Waals surface area contributed by atoms with Crippen LogP contribution in [0.5, 0.6) is 0 Å². The first-order chi connectivity index (χ1) is 8.26. The number of hydrogen-bond acceptors (Lipinski definition) is 2. The van der Waals surface area contributed by atoms with Crippen LogP contribution in [0.25, 0.3) is 0 Å². The fourth-order valence-electron chi connectivity index (χ4n) is 3.47. The zero-order valence-corrected chi connectivity index (χ0v) is 10.7. The van der Waals surface area contributed by atoms with Crippen LogP contribution in [0.3, 0.4) is 0 Å². The van der Waals surface area contributed by atoms with Gasteiger partial charge in [-0.2, -0.15) is 5.26 Å². The Morgan fingerprint density at radius 3 is 2.65 bits per heavy atom. The van der Waals surface area contributed by atoms with E-state index in [2.05, 4.69) is 13.0 Å². The topological polar surface area (TPSA) is 44.1 Å². The normalized spacial score (nSPS) is 28.1. The summed E-state index contributed by atoms with van der Waals surface area (Å²) in [6.45, 7) is 2.84. The van der Waals surface area contributed by atoms with E-state index in [9.17, 15) is 4.79 Å². The molecule has 1 aliphatic carbocycles. The van der Waals surface area contributed by atoms with Gasteiger partial charge in [0, 0.05) is 19.0 Å². The molecule has 2 atom stereocenters. The molecule has 94 valence electrons. The average molecular weight is 234 g/mol. The first-order valence-electron chi connectivity index (χ1n) is 6.95. The Morgan fingerprint density at radius 1 is 1.41 bits per heavy atom. The van der Waals surface area contributed by atoms with Crippen LogP contribution in [0.2, 0.25) is 0 Å². The van der Waals surface area contributed by atoms with Crippen molar-refractivity contribution in [3.05, 3.63) is 0 Å². The molecule has 1 amide bonds. The molecule has 0 aromatic heterocycles. The van der Waals surface area contributed by atoms with Gasteiger partial charge >= 0.3 is 0 Å². The van der Waals surface area contributed by atoms with Gasteiger partial charge in [-0.1, -0.05) is 26.2 Å². The second kappa shape index (κ2) is 5.53. The number of carbonyl (C=O) groups is 1. The first kappa shape index (κ1) is 12.4. The Kier molecular flexibility index (Phi) is 4.04. The Bertz CT molecular complexity index is 315. The van der Waals surface area contributed by atoms with E-state index in [0.29, 0.717) is 24.9 Å². The lowest BCUT2D eigenvalue weighted by atomic mass is 9.82. The standard InChI is InChI=1S/C14H22N2O/c1-2-13(12-6-4-3-5-7-12)16-10-11(9-15)8-14(16)17/h11-13H,2-8,10H2,1H3. The van der Waals surface area contributed by atoms with Crippen molar-refractivity contribution in [3.8, 4) is 6.07 Å². The summed E-state index contributed by atoms with van der Waals surface area (Å²) in [5, 5.41) is 8.94. The van der Waals surface area contributed by atoms with Crippen LogP contribution in [0.4, 0.5) is 0 Å². The molecule has 0 aromatic carbocycles. The summed E-state index contributed by atoms with van der Waals surface area (Å²) in [7, 11) is 0. The van der Waals surface area contributed by atoms with Gasteiger partial charge in [-0.25, -0.2) is 0 Å². The summed E-state index contributed by atoms with van der Waals surface area (Å²) in [5.41, 5.74) is 0. The molecule has 2 unspecified atom stereocenters. The SMILES string of the molecule is CCC(C1CCCCC1)N1CC(C#N)CC1=O. The van der Waals surface area contributed by atoms with E-state index in [1.165, 1.54) is 32.1 Å². The third-order valence-electron chi connectivity index (χ3n) is 4.35. The number of nitriles is 1. The lowest BCUT2D eigenvalue weighted by molar-refractivity contribution is -0.131. The number of carbonyl (C=O) groups excluding carboxylic acids is 1. The van der Waals surface area contributed by atoms with Crippen molar-refractivity contribution in [2.24, 2.45) is 11.8 Å². The van der Waals surface area contributed by atoms with Crippen molar-refractivity contribution >= 4 is 5.91 Å². The molecule has 2 aliphatic rings. The van der Waals surface area contributed by atoms with Crippen molar-refractivity contribution in [2.75, 3.05) is 6.54 Å². The van der Waals surface area contributed by atoms with Gasteiger partial charge in [-0.3, -0.25) is 4.79 Å². The quantitative estimate of drug-likeness (QED) is 0.753. The minimum absolute atomic E-state index is 0.0693. The molecule has 3 heteroatoms. The summed E-state index contributed by atoms with van der Waals surface area (Å²) >= 11 is 0. The maximum Gasteiger partial charge on any atom is 0.224 e. The van der Waals surface area contributed by atoms with Gasteiger partial charge in [-0.05, 0) is 25.2 Å². The van der Waals surface area contributed by atoms with Gasteiger partial charge in [0.25, 0.3) is 0 Å². The number of rotatable bonds is 3. The maximum atomic E-state index is 12.0. The van der Waals surface area contributed by atoms with Gasteiger partial charge < -0.3 is 4.90 Å². The molecule has 1 aliphatic heterocycles. The zero-order valence-electron chi connectivity index (χ0n) is 10.7. The lowest BCUT2D eigenvalue weighted by Crippen LogP contribution is -2.42. The molecular weight excluding hydrogens is 212 g/mol. The number of amides is 1. The highest BCUT2D eigenvalue weighted by Gasteiger charge is 2.37. The van der Waals surface area contributed by atoms with E-state index in [4.69, 9.17) is 5.26 Å². The van der Waals surface area contributed by atoms with E-state index in [-0.39, 0.29) is 11.8 Å². The third-order valence-corrected chi connectivity index (χ3v) is 4.35. The van der Waals surface area contributed by atoms with E-state index in [1.54, 1.807) is 0 Å². The molecule has 0 bridgehead atoms. The minimum atomic E-state index is -0.0693. The summed E-state index contributed by atoms with van der Waals surface area (Å²) in [6.07, 6.45) is 7.98. The molecule has 17 heavy (non-hydrogen) atoms. The second-order valence-electron chi connectivity index (χ2n) is 5.45. The van der Waals surface area contributed by atoms with E-state index >= 15 is 0 Å². The highest BCUT2D eigenvalue weighted by molar-refractivity contribution is 5.79. The monoisotopic (exact) mass is 234 g/mol. The molecule has 0 spiro atoms. The Balaban J connectivity index is 2.02. The number of nitrogens with zero attached hydrogens (tertiary/aromatic N) is 2. The van der Waals surface area contributed by atoms with Crippen LogP contribution >= 0.6 is 0 Å². The summed E-state index contributed by atoms with van der Waals surface area (Å²) in [4.78, 5) is 14.0. The zero-order chi connectivity index (χ0) is 12.3. The number of hydrogen-bond donors (Lipinski definition) is 0. The van der Waals surface area contributed by atoms with E-state index in [1.807, 2.05) is 4.90 Å². The van der Waals surface area contributed by atoms with E-state index in [0.717, 1.165) is 6.42 Å². The maximum absolute atomic E-state index is 12.0. The van der Waals surface area contributed by atoms with Crippen LogP contribution in [-0.4, -0.2) is 23.4 Å². The molecule has 0 radical (unpaired) electrons. The fourth-order valence-corrected chi connectivity index (χ4v) is 3.47. The van der Waals surface area contributed by atoms with Crippen LogP contribution in [-0.2, 0) is 4.79 Å². The predicted octanol–water partition coefficient (Wildman–Crippen LogP) is 2.72. The summed E-state index contributed by atoms with van der Waals surface area (Å²) in [5.74, 6) is 0.809. The van der Waals surface area contributed by atoms with Crippen molar-refractivity contribution in [1.82, 2.24) is 4.90 Å². The fraction of sp³-hybridized carbons (Fsp3) is 0.857. The second-order valence-corrected chi connectivity index (χ2v) is 5.45. The highest BCUT2D eigenvalue weighted by Crippen LogP contribution is 2.33. The van der Waals surface area contributed by atoms with Crippen molar-refractivity contribution in [3.63, 3.8) is 0 Å². The van der Waals surface area contributed by atoms with Crippen LogP contribution in [0.15, 0.2) is 0 Å². The minimum Gasteiger partial charge on any atom is -0.338 e. The summed E-state index contributed by atoms with van der Waals surface area (Å²) in [6, 6.07) is 2.63. The predicted molar refractivity (Wildman–Crippen MR) is 66.1 cm³/mol. The number of likely N-dealkylation sites (tertiary alicyclic amines) is 1. The lowest BCUT2D eigenvalue weighted by Gasteiger charge is -2.36. The van der Waals surface area contributed by atoms with Crippen molar-refractivity contribution in [1.29, 1.82) is 5.26 Å². The largest absolute Gasteiger partial charge is 0.338 e. The Hall–Kier alpha value is -1.04. The van der Waals surface area contributed by atoms with Crippen LogP contribution < -0.4 is 0 Å². The van der Waals surface area contributed by atoms with Gasteiger partial charge in [0.05, 0.1) is 12.0 Å². The van der Waals surface area contributed by atoms with Crippen LogP contribution in [0, 0.1) is 23.2 Å². The molecule has 2 fully saturated rings. The van der Waals surface area contributed by atoms with Gasteiger partial charge in [0.15, 0.2) is 0 Å². The molecule has 1 saturated carbocycles. The van der Waals surface area contributed by atoms with Crippen molar-refractivity contribution < 1.29 is 4.79 Å². The van der Waals surface area contributed by atoms with Crippen LogP contribution in [0.1, 0.15) is 51.9 Å². The third kappa shape index (κ3) is 2.62. The molecule has 0 aromatic rings.